The first-order valence-electron chi connectivity index (χ1n) is 4.00. The summed E-state index contributed by atoms with van der Waals surface area (Å²) in [4.78, 5) is 1.44. The average molecular weight is 188 g/mol. The molecule has 0 fully saturated rings. The molecular weight excluding hydrogens is 172 g/mol. The van der Waals surface area contributed by atoms with E-state index >= 15 is 0 Å². The van der Waals surface area contributed by atoms with Crippen molar-refractivity contribution in [2.75, 3.05) is 6.54 Å². The van der Waals surface area contributed by atoms with Crippen molar-refractivity contribution >= 4 is 23.3 Å². The summed E-state index contributed by atoms with van der Waals surface area (Å²) in [7, 11) is 0. The fourth-order valence-electron chi connectivity index (χ4n) is 0.869. The third kappa shape index (κ3) is 4.12. The maximum Gasteiger partial charge on any atom is 0.194 e. The van der Waals surface area contributed by atoms with Crippen LogP contribution in [0.3, 0.4) is 0 Å². The van der Waals surface area contributed by atoms with E-state index in [4.69, 9.17) is 29.1 Å². The van der Waals surface area contributed by atoms with Gasteiger partial charge in [0.15, 0.2) is 11.1 Å². The zero-order chi connectivity index (χ0) is 9.56. The zero-order valence-corrected chi connectivity index (χ0v) is 8.16. The molecule has 0 heterocycles. The SMILES string of the molecule is CCCCCN(C(=N)N)C(N)=S. The molecule has 0 spiro atoms. The minimum Gasteiger partial charge on any atom is -0.376 e. The van der Waals surface area contributed by atoms with E-state index in [2.05, 4.69) is 6.92 Å². The first-order valence-corrected chi connectivity index (χ1v) is 4.41. The topological polar surface area (TPSA) is 79.1 Å². The average Bonchev–Trinajstić information content (AvgIpc) is 1.96. The Morgan fingerprint density at radius 2 is 2.00 bits per heavy atom. The molecule has 0 unspecified atom stereocenters. The lowest BCUT2D eigenvalue weighted by molar-refractivity contribution is 0.547. The molecule has 0 atom stereocenters. The van der Waals surface area contributed by atoms with Crippen LogP contribution < -0.4 is 11.5 Å². The lowest BCUT2D eigenvalue weighted by Crippen LogP contribution is -2.44. The minimum atomic E-state index is -0.0707. The number of nitrogens with one attached hydrogen (secondary N) is 1. The van der Waals surface area contributed by atoms with Crippen LogP contribution in [0.2, 0.25) is 0 Å². The normalized spacial score (nSPS) is 9.42. The molecule has 0 rings (SSSR count). The number of nitrogens with zero attached hydrogens (tertiary/aromatic N) is 1. The molecule has 5 heteroatoms. The lowest BCUT2D eigenvalue weighted by Gasteiger charge is -2.19. The Hall–Kier alpha value is -0.840. The molecule has 4 nitrogen and oxygen atoms in total. The summed E-state index contributed by atoms with van der Waals surface area (Å²) in [6.45, 7) is 2.76. The number of hydrogen-bond donors (Lipinski definition) is 3. The van der Waals surface area contributed by atoms with Crippen molar-refractivity contribution in [2.45, 2.75) is 26.2 Å². The minimum absolute atomic E-state index is 0.0707. The van der Waals surface area contributed by atoms with E-state index in [1.165, 1.54) is 4.90 Å². The van der Waals surface area contributed by atoms with Crippen LogP contribution in [-0.2, 0) is 0 Å². The molecule has 0 aliphatic heterocycles. The van der Waals surface area contributed by atoms with E-state index in [0.29, 0.717) is 6.54 Å². The quantitative estimate of drug-likeness (QED) is 0.261. The maximum atomic E-state index is 7.15. The van der Waals surface area contributed by atoms with Gasteiger partial charge >= 0.3 is 0 Å². The van der Waals surface area contributed by atoms with E-state index in [-0.39, 0.29) is 11.1 Å². The first-order chi connectivity index (χ1) is 5.59. The van der Waals surface area contributed by atoms with E-state index in [9.17, 15) is 0 Å². The van der Waals surface area contributed by atoms with E-state index in [0.717, 1.165) is 19.3 Å². The molecule has 0 aliphatic carbocycles. The van der Waals surface area contributed by atoms with E-state index in [1.807, 2.05) is 0 Å². The van der Waals surface area contributed by atoms with Gasteiger partial charge in [0.1, 0.15) is 0 Å². The van der Waals surface area contributed by atoms with Crippen molar-refractivity contribution in [3.8, 4) is 0 Å². The Balaban J connectivity index is 3.80. The molecule has 0 radical (unpaired) electrons. The van der Waals surface area contributed by atoms with Crippen LogP contribution in [0, 0.1) is 5.41 Å². The smallest absolute Gasteiger partial charge is 0.194 e. The third-order valence-corrected chi connectivity index (χ3v) is 1.76. The number of unbranched alkanes of at least 4 members (excludes halogenated alkanes) is 2. The molecule has 0 saturated heterocycles. The van der Waals surface area contributed by atoms with Crippen molar-refractivity contribution in [1.29, 1.82) is 5.41 Å². The summed E-state index contributed by atoms with van der Waals surface area (Å²) in [5, 5.41) is 7.33. The first kappa shape index (κ1) is 11.2. The van der Waals surface area contributed by atoms with Crippen LogP contribution in [0.5, 0.6) is 0 Å². The Kier molecular flexibility index (Phi) is 5.36. The van der Waals surface area contributed by atoms with Crippen LogP contribution in [-0.4, -0.2) is 22.5 Å². The van der Waals surface area contributed by atoms with Crippen molar-refractivity contribution in [1.82, 2.24) is 4.90 Å². The summed E-state index contributed by atoms with van der Waals surface area (Å²) in [6, 6.07) is 0. The molecule has 0 aromatic rings. The van der Waals surface area contributed by atoms with Crippen molar-refractivity contribution in [3.63, 3.8) is 0 Å². The summed E-state index contributed by atoms with van der Waals surface area (Å²) in [6.07, 6.45) is 3.20. The van der Waals surface area contributed by atoms with Gasteiger partial charge in [0, 0.05) is 6.54 Å². The Morgan fingerprint density at radius 3 is 2.33 bits per heavy atom. The fraction of sp³-hybridized carbons (Fsp3) is 0.714. The Bertz CT molecular complexity index is 155. The molecule has 0 saturated carbocycles. The molecule has 0 amide bonds. The van der Waals surface area contributed by atoms with Gasteiger partial charge in [-0.3, -0.25) is 10.3 Å². The van der Waals surface area contributed by atoms with Crippen LogP contribution in [0.1, 0.15) is 26.2 Å². The fourth-order valence-corrected chi connectivity index (χ4v) is 1.06. The number of thiocarbonyl (C=S) groups is 1. The second-order valence-corrected chi connectivity index (χ2v) is 3.00. The van der Waals surface area contributed by atoms with Gasteiger partial charge in [0.25, 0.3) is 0 Å². The van der Waals surface area contributed by atoms with Gasteiger partial charge in [-0.05, 0) is 18.6 Å². The largest absolute Gasteiger partial charge is 0.376 e. The van der Waals surface area contributed by atoms with Gasteiger partial charge in [0.05, 0.1) is 0 Å². The van der Waals surface area contributed by atoms with Gasteiger partial charge in [-0.15, -0.1) is 0 Å². The third-order valence-electron chi connectivity index (χ3n) is 1.54. The predicted molar refractivity (Wildman–Crippen MR) is 54.9 cm³/mol. The second kappa shape index (κ2) is 5.77. The maximum absolute atomic E-state index is 7.15. The van der Waals surface area contributed by atoms with Crippen molar-refractivity contribution < 1.29 is 0 Å². The van der Waals surface area contributed by atoms with Crippen molar-refractivity contribution in [3.05, 3.63) is 0 Å². The van der Waals surface area contributed by atoms with Crippen LogP contribution in [0.25, 0.3) is 0 Å². The van der Waals surface area contributed by atoms with E-state index in [1.54, 1.807) is 0 Å². The number of hydrogen-bond acceptors (Lipinski definition) is 2. The monoisotopic (exact) mass is 188 g/mol. The molecule has 0 aliphatic rings. The van der Waals surface area contributed by atoms with Gasteiger partial charge in [0.2, 0.25) is 0 Å². The van der Waals surface area contributed by atoms with Crippen LogP contribution in [0.15, 0.2) is 0 Å². The van der Waals surface area contributed by atoms with Gasteiger partial charge in [-0.25, -0.2) is 0 Å². The van der Waals surface area contributed by atoms with Crippen molar-refractivity contribution in [2.24, 2.45) is 11.5 Å². The Labute approximate surface area is 78.4 Å². The van der Waals surface area contributed by atoms with Crippen LogP contribution >= 0.6 is 12.2 Å². The molecule has 70 valence electrons. The summed E-state index contributed by atoms with van der Waals surface area (Å²) in [5.41, 5.74) is 10.6. The molecule has 0 bridgehead atoms. The highest BCUT2D eigenvalue weighted by molar-refractivity contribution is 7.80. The number of rotatable bonds is 4. The predicted octanol–water partition coefficient (Wildman–Crippen LogP) is 0.616. The highest BCUT2D eigenvalue weighted by Crippen LogP contribution is 1.97. The summed E-state index contributed by atoms with van der Waals surface area (Å²) in [5.74, 6) is -0.0707. The Morgan fingerprint density at radius 1 is 1.42 bits per heavy atom. The highest BCUT2D eigenvalue weighted by Gasteiger charge is 2.07. The summed E-state index contributed by atoms with van der Waals surface area (Å²) >= 11 is 4.73. The zero-order valence-electron chi connectivity index (χ0n) is 7.34. The number of guanidine groups is 1. The van der Waals surface area contributed by atoms with Crippen LogP contribution in [0.4, 0.5) is 0 Å². The van der Waals surface area contributed by atoms with E-state index < -0.39 is 0 Å². The molecular formula is C7H16N4S. The molecule has 0 aromatic heterocycles. The summed E-state index contributed by atoms with van der Waals surface area (Å²) < 4.78 is 0. The molecule has 0 aromatic carbocycles. The number of nitrogens with two attached hydrogens (primary N) is 2. The van der Waals surface area contributed by atoms with Gasteiger partial charge in [-0.1, -0.05) is 19.8 Å². The molecule has 12 heavy (non-hydrogen) atoms. The van der Waals surface area contributed by atoms with Gasteiger partial charge in [-0.2, -0.15) is 0 Å². The second-order valence-electron chi connectivity index (χ2n) is 2.58. The van der Waals surface area contributed by atoms with Gasteiger partial charge < -0.3 is 11.5 Å². The lowest BCUT2D eigenvalue weighted by atomic mass is 10.2. The highest BCUT2D eigenvalue weighted by atomic mass is 32.1. The standard InChI is InChI=1S/C7H16N4S/c1-2-3-4-5-11(6(8)9)7(10)12/h2-5H2,1H3,(H3,8,9)(H2,10,12). The molecule has 5 N–H and O–H groups in total.